The van der Waals surface area contributed by atoms with Crippen LogP contribution in [0.1, 0.15) is 73.9 Å². The topological polar surface area (TPSA) is 111 Å². The number of carbonyl (C=O) groups excluding carboxylic acids is 2. The molecule has 0 unspecified atom stereocenters. The van der Waals surface area contributed by atoms with Crippen LogP contribution in [0.3, 0.4) is 0 Å². The summed E-state index contributed by atoms with van der Waals surface area (Å²) in [5.41, 5.74) is 3.24. The number of benzene rings is 2. The van der Waals surface area contributed by atoms with Gasteiger partial charge in [-0.1, -0.05) is 36.7 Å². The summed E-state index contributed by atoms with van der Waals surface area (Å²) in [5, 5.41) is -0.0921. The molecule has 7 rings (SSSR count). The monoisotopic (exact) mass is 682 g/mol. The van der Waals surface area contributed by atoms with E-state index in [1.165, 1.54) is 11.1 Å². The average molecular weight is 683 g/mol. The number of nitrogens with zero attached hydrogens (tertiary/aromatic N) is 1. The van der Waals surface area contributed by atoms with Crippen molar-refractivity contribution in [1.82, 2.24) is 4.72 Å². The molecule has 252 valence electrons. The smallest absolute Gasteiger partial charge is 0.335 e. The molecular formula is C36H43ClN2O7S. The Morgan fingerprint density at radius 1 is 1.06 bits per heavy atom. The molecular weight excluding hydrogens is 640 g/mol. The van der Waals surface area contributed by atoms with Crippen LogP contribution in [0.2, 0.25) is 5.02 Å². The molecule has 9 nitrogen and oxygen atoms in total. The fourth-order valence-electron chi connectivity index (χ4n) is 8.08. The van der Waals surface area contributed by atoms with Crippen molar-refractivity contribution in [3.05, 3.63) is 70.3 Å². The molecule has 1 spiro atoms. The number of rotatable bonds is 2. The predicted molar refractivity (Wildman–Crippen MR) is 179 cm³/mol. The van der Waals surface area contributed by atoms with E-state index in [1.54, 1.807) is 25.1 Å². The molecule has 0 radical (unpaired) electrons. The van der Waals surface area contributed by atoms with Crippen LogP contribution in [0.25, 0.3) is 0 Å². The van der Waals surface area contributed by atoms with Gasteiger partial charge in [0.1, 0.15) is 5.75 Å². The van der Waals surface area contributed by atoms with Gasteiger partial charge in [-0.15, -0.1) is 0 Å². The number of anilines is 1. The highest BCUT2D eigenvalue weighted by atomic mass is 35.5. The van der Waals surface area contributed by atoms with E-state index in [0.717, 1.165) is 42.8 Å². The van der Waals surface area contributed by atoms with Crippen LogP contribution in [0.15, 0.2) is 48.6 Å². The van der Waals surface area contributed by atoms with Crippen LogP contribution >= 0.6 is 11.6 Å². The number of allylic oxidation sites excluding steroid dienone is 1. The Hall–Kier alpha value is -3.08. The summed E-state index contributed by atoms with van der Waals surface area (Å²) in [7, 11) is -3.97. The second kappa shape index (κ2) is 12.7. The zero-order chi connectivity index (χ0) is 32.9. The molecule has 7 atom stereocenters. The minimum atomic E-state index is -3.97. The Balaban J connectivity index is 1.29. The van der Waals surface area contributed by atoms with Crippen molar-refractivity contribution in [1.29, 1.82) is 0 Å². The highest BCUT2D eigenvalue weighted by molar-refractivity contribution is 7.90. The van der Waals surface area contributed by atoms with E-state index in [-0.39, 0.29) is 40.8 Å². The minimum absolute atomic E-state index is 0.163. The Morgan fingerprint density at radius 2 is 1.91 bits per heavy atom. The lowest BCUT2D eigenvalue weighted by atomic mass is 9.68. The highest BCUT2D eigenvalue weighted by Gasteiger charge is 2.45. The summed E-state index contributed by atoms with van der Waals surface area (Å²) in [6.45, 7) is 5.70. The average Bonchev–Trinajstić information content (AvgIpc) is 3.36. The lowest BCUT2D eigenvalue weighted by Crippen LogP contribution is -2.50. The number of ether oxygens (including phenoxy) is 3. The van der Waals surface area contributed by atoms with Crippen LogP contribution in [0, 0.1) is 17.8 Å². The van der Waals surface area contributed by atoms with Crippen molar-refractivity contribution >= 4 is 39.2 Å². The number of hydrogen-bond donors (Lipinski definition) is 1. The number of fused-ring (bicyclic) bond motifs is 4. The van der Waals surface area contributed by atoms with Crippen LogP contribution in [-0.4, -0.2) is 64.1 Å². The van der Waals surface area contributed by atoms with Gasteiger partial charge in [0.15, 0.2) is 6.10 Å². The van der Waals surface area contributed by atoms with E-state index in [2.05, 4.69) is 21.8 Å². The van der Waals surface area contributed by atoms with E-state index < -0.39 is 27.3 Å². The third-order valence-electron chi connectivity index (χ3n) is 11.2. The maximum Gasteiger partial charge on any atom is 0.335 e. The second-order valence-corrected chi connectivity index (χ2v) is 16.6. The number of sulfonamides is 1. The first kappa shape index (κ1) is 32.5. The third-order valence-corrected chi connectivity index (χ3v) is 13.4. The van der Waals surface area contributed by atoms with Crippen LogP contribution in [0.4, 0.5) is 5.69 Å². The van der Waals surface area contributed by atoms with E-state index in [4.69, 9.17) is 25.8 Å². The molecule has 2 fully saturated rings. The summed E-state index contributed by atoms with van der Waals surface area (Å²) >= 11 is 6.43. The Bertz CT molecular complexity index is 1700. The molecule has 0 aromatic heterocycles. The first-order valence-electron chi connectivity index (χ1n) is 16.9. The zero-order valence-corrected chi connectivity index (χ0v) is 28.5. The summed E-state index contributed by atoms with van der Waals surface area (Å²) in [6.07, 6.45) is 8.96. The predicted octanol–water partition coefficient (Wildman–Crippen LogP) is 5.58. The fourth-order valence-corrected chi connectivity index (χ4v) is 9.56. The molecule has 11 heteroatoms. The number of nitrogens with one attached hydrogen (secondary N) is 1. The SMILES string of the molecule is C[C@@H]1[C@@H](C)C/C=C/[C@H](O[C@H]2CCOC2=O)[C@@H]2CC[C@H]2CN2C[C@@]3(CCCc4cc(Cl)ccc43)COc3ccc(cc32)C(=O)NS1(=O)=O. The van der Waals surface area contributed by atoms with Crippen molar-refractivity contribution in [3.8, 4) is 5.75 Å². The van der Waals surface area contributed by atoms with Gasteiger partial charge in [-0.05, 0) is 105 Å². The van der Waals surface area contributed by atoms with Crippen molar-refractivity contribution in [2.75, 3.05) is 31.2 Å². The first-order chi connectivity index (χ1) is 22.5. The minimum Gasteiger partial charge on any atom is -0.490 e. The standard InChI is InChI=1S/C36H43ClN2O7S/c1-22-5-3-7-31(46-33-14-16-44-35(33)41)28-11-8-26(28)19-39-20-36(15-4-6-24-17-27(37)10-12-29(24)36)21-45-32-13-9-25(18-30(32)39)34(40)38-47(42,43)23(22)2/h3,7,9-10,12-13,17-18,22-23,26,28,31,33H,4-6,8,11,14-16,19-21H2,1-2H3,(H,38,40)/b7-3+/t22-,23+,26-,28+,31-,33-,36-/m0/s1. The van der Waals surface area contributed by atoms with E-state index in [0.29, 0.717) is 44.9 Å². The molecule has 2 aliphatic carbocycles. The molecule has 1 amide bonds. The van der Waals surface area contributed by atoms with Gasteiger partial charge in [0, 0.05) is 35.5 Å². The number of esters is 1. The molecule has 1 saturated carbocycles. The molecule has 3 heterocycles. The number of aryl methyl sites for hydroxylation is 1. The van der Waals surface area contributed by atoms with Crippen molar-refractivity contribution in [3.63, 3.8) is 0 Å². The molecule has 3 aliphatic heterocycles. The van der Waals surface area contributed by atoms with Gasteiger partial charge in [0.05, 0.1) is 30.3 Å². The number of hydrogen-bond acceptors (Lipinski definition) is 8. The van der Waals surface area contributed by atoms with Gasteiger partial charge in [-0.25, -0.2) is 17.9 Å². The molecule has 2 bridgehead atoms. The highest BCUT2D eigenvalue weighted by Crippen LogP contribution is 2.47. The molecule has 2 aromatic rings. The van der Waals surface area contributed by atoms with Crippen LogP contribution < -0.4 is 14.4 Å². The van der Waals surface area contributed by atoms with Crippen molar-refractivity contribution in [2.24, 2.45) is 17.8 Å². The van der Waals surface area contributed by atoms with Gasteiger partial charge in [0.2, 0.25) is 10.0 Å². The molecule has 5 aliphatic rings. The van der Waals surface area contributed by atoms with Gasteiger partial charge >= 0.3 is 5.97 Å². The van der Waals surface area contributed by atoms with E-state index in [9.17, 15) is 18.0 Å². The Kier molecular flexibility index (Phi) is 8.81. The maximum atomic E-state index is 13.5. The first-order valence-corrected chi connectivity index (χ1v) is 18.8. The number of cyclic esters (lactones) is 1. The third kappa shape index (κ3) is 6.29. The molecule has 2 aromatic carbocycles. The lowest BCUT2D eigenvalue weighted by Gasteiger charge is -2.46. The second-order valence-electron chi connectivity index (χ2n) is 14.2. The zero-order valence-electron chi connectivity index (χ0n) is 27.0. The summed E-state index contributed by atoms with van der Waals surface area (Å²) in [5.74, 6) is -0.141. The number of amides is 1. The molecule has 1 N–H and O–H groups in total. The summed E-state index contributed by atoms with van der Waals surface area (Å²) in [4.78, 5) is 28.3. The molecule has 1 saturated heterocycles. The van der Waals surface area contributed by atoms with Crippen LogP contribution in [-0.2, 0) is 36.1 Å². The van der Waals surface area contributed by atoms with Gasteiger partial charge in [-0.2, -0.15) is 0 Å². The van der Waals surface area contributed by atoms with E-state index >= 15 is 0 Å². The Morgan fingerprint density at radius 3 is 2.68 bits per heavy atom. The largest absolute Gasteiger partial charge is 0.490 e. The number of halogens is 1. The van der Waals surface area contributed by atoms with E-state index in [1.807, 2.05) is 25.1 Å². The van der Waals surface area contributed by atoms with Gasteiger partial charge in [-0.3, -0.25) is 4.79 Å². The Labute approximate surface area is 282 Å². The maximum absolute atomic E-state index is 13.5. The fraction of sp³-hybridized carbons (Fsp3) is 0.556. The van der Waals surface area contributed by atoms with Crippen LogP contribution in [0.5, 0.6) is 5.75 Å². The van der Waals surface area contributed by atoms with Crippen molar-refractivity contribution in [2.45, 2.75) is 81.7 Å². The van der Waals surface area contributed by atoms with Crippen molar-refractivity contribution < 1.29 is 32.2 Å². The summed E-state index contributed by atoms with van der Waals surface area (Å²) in [6, 6.07) is 11.4. The normalized spacial score (nSPS) is 34.1. The molecule has 47 heavy (non-hydrogen) atoms. The summed E-state index contributed by atoms with van der Waals surface area (Å²) < 4.78 is 47.3. The quantitative estimate of drug-likeness (QED) is 0.323. The number of carbonyl (C=O) groups is 2. The van der Waals surface area contributed by atoms with Gasteiger partial charge < -0.3 is 19.1 Å². The lowest BCUT2D eigenvalue weighted by molar-refractivity contribution is -0.152. The van der Waals surface area contributed by atoms with Gasteiger partial charge in [0.25, 0.3) is 5.91 Å².